The molecule has 0 bridgehead atoms. The number of hydrogen-bond acceptors (Lipinski definition) is 3. The van der Waals surface area contributed by atoms with Gasteiger partial charge >= 0.3 is 0 Å². The fourth-order valence-corrected chi connectivity index (χ4v) is 2.97. The van der Waals surface area contributed by atoms with E-state index >= 15 is 0 Å². The van der Waals surface area contributed by atoms with Crippen LogP contribution in [0.4, 0.5) is 5.69 Å². The Balaban J connectivity index is 2.67. The summed E-state index contributed by atoms with van der Waals surface area (Å²) in [6.07, 6.45) is 0. The summed E-state index contributed by atoms with van der Waals surface area (Å²) in [7, 11) is 0. The monoisotopic (exact) mass is 271 g/mol. The van der Waals surface area contributed by atoms with Crippen LogP contribution in [0.15, 0.2) is 22.7 Å². The number of halogens is 1. The highest BCUT2D eigenvalue weighted by atomic mass is 79.9. The molecule has 0 aliphatic carbocycles. The van der Waals surface area contributed by atoms with Gasteiger partial charge in [-0.3, -0.25) is 0 Å². The van der Waals surface area contributed by atoms with E-state index in [4.69, 9.17) is 10.5 Å². The third kappa shape index (κ3) is 1.48. The lowest BCUT2D eigenvalue weighted by molar-refractivity contribution is 0.352. The molecule has 0 atom stereocenters. The van der Waals surface area contributed by atoms with Crippen molar-refractivity contribution in [1.82, 2.24) is 0 Å². The Bertz CT molecular complexity index is 466. The summed E-state index contributed by atoms with van der Waals surface area (Å²) in [4.78, 5) is 0. The zero-order valence-corrected chi connectivity index (χ0v) is 10.1. The molecule has 2 nitrogen and oxygen atoms in total. The van der Waals surface area contributed by atoms with Gasteiger partial charge in [-0.2, -0.15) is 0 Å². The zero-order valence-electron chi connectivity index (χ0n) is 7.71. The van der Waals surface area contributed by atoms with Crippen LogP contribution in [0.25, 0.3) is 10.1 Å². The Hall–Kier alpha value is -0.740. The smallest absolute Gasteiger partial charge is 0.198 e. The quantitative estimate of drug-likeness (QED) is 0.905. The second-order valence-electron chi connectivity index (χ2n) is 2.85. The maximum Gasteiger partial charge on any atom is 0.198 e. The van der Waals surface area contributed by atoms with Crippen LogP contribution in [0.5, 0.6) is 5.06 Å². The van der Waals surface area contributed by atoms with Crippen LogP contribution in [0.2, 0.25) is 0 Å². The van der Waals surface area contributed by atoms with Crippen molar-refractivity contribution in [2.45, 2.75) is 6.92 Å². The first-order chi connectivity index (χ1) is 6.74. The Labute approximate surface area is 94.8 Å². The van der Waals surface area contributed by atoms with Crippen LogP contribution >= 0.6 is 27.3 Å². The van der Waals surface area contributed by atoms with Gasteiger partial charge in [0.25, 0.3) is 0 Å². The highest BCUT2D eigenvalue weighted by molar-refractivity contribution is 9.10. The van der Waals surface area contributed by atoms with E-state index in [1.807, 2.05) is 25.1 Å². The molecule has 1 heterocycles. The van der Waals surface area contributed by atoms with Gasteiger partial charge in [-0.05, 0) is 28.9 Å². The molecule has 0 aliphatic heterocycles. The van der Waals surface area contributed by atoms with Gasteiger partial charge in [-0.15, -0.1) is 0 Å². The molecule has 74 valence electrons. The lowest BCUT2D eigenvalue weighted by Gasteiger charge is -1.98. The summed E-state index contributed by atoms with van der Waals surface area (Å²) in [6, 6.07) is 5.99. The van der Waals surface area contributed by atoms with Gasteiger partial charge in [0.1, 0.15) is 0 Å². The molecule has 0 saturated heterocycles. The number of hydrogen-bond donors (Lipinski definition) is 1. The number of ether oxygens (including phenoxy) is 1. The van der Waals surface area contributed by atoms with Gasteiger partial charge in [0.05, 0.1) is 17.0 Å². The second kappa shape index (κ2) is 3.79. The van der Waals surface area contributed by atoms with Gasteiger partial charge in [0.2, 0.25) is 0 Å². The van der Waals surface area contributed by atoms with Crippen molar-refractivity contribution < 1.29 is 4.74 Å². The molecule has 0 aliphatic rings. The number of fused-ring (bicyclic) bond motifs is 1. The average Bonchev–Trinajstić information content (AvgIpc) is 2.48. The van der Waals surface area contributed by atoms with Gasteiger partial charge in [-0.25, -0.2) is 0 Å². The van der Waals surface area contributed by atoms with Crippen molar-refractivity contribution in [3.05, 3.63) is 22.7 Å². The van der Waals surface area contributed by atoms with E-state index in [-0.39, 0.29) is 0 Å². The molecule has 0 unspecified atom stereocenters. The molecule has 0 saturated carbocycles. The van der Waals surface area contributed by atoms with Gasteiger partial charge in [-0.1, -0.05) is 23.5 Å². The molecule has 1 aromatic heterocycles. The minimum atomic E-state index is 0.647. The molecule has 2 rings (SSSR count). The third-order valence-electron chi connectivity index (χ3n) is 1.95. The number of benzene rings is 1. The number of anilines is 1. The van der Waals surface area contributed by atoms with Crippen LogP contribution in [-0.4, -0.2) is 6.61 Å². The van der Waals surface area contributed by atoms with Crippen LogP contribution in [0.1, 0.15) is 6.92 Å². The lowest BCUT2D eigenvalue weighted by Crippen LogP contribution is -1.92. The number of thiophene rings is 1. The van der Waals surface area contributed by atoms with Crippen molar-refractivity contribution in [1.29, 1.82) is 0 Å². The molecule has 4 heteroatoms. The second-order valence-corrected chi connectivity index (χ2v) is 4.69. The first kappa shape index (κ1) is 9.80. The van der Waals surface area contributed by atoms with Crippen LogP contribution < -0.4 is 10.5 Å². The van der Waals surface area contributed by atoms with E-state index in [9.17, 15) is 0 Å². The predicted molar refractivity (Wildman–Crippen MR) is 65.1 cm³/mol. The topological polar surface area (TPSA) is 35.2 Å². The molecule has 14 heavy (non-hydrogen) atoms. The third-order valence-corrected chi connectivity index (χ3v) is 4.04. The molecular weight excluding hydrogens is 262 g/mol. The van der Waals surface area contributed by atoms with Gasteiger partial charge in [0, 0.05) is 9.86 Å². The van der Waals surface area contributed by atoms with Crippen molar-refractivity contribution in [3.8, 4) is 5.06 Å². The normalized spacial score (nSPS) is 10.7. The summed E-state index contributed by atoms with van der Waals surface area (Å²) < 4.78 is 7.66. The number of rotatable bonds is 2. The van der Waals surface area contributed by atoms with Gasteiger partial charge in [0.15, 0.2) is 5.06 Å². The molecule has 0 amide bonds. The maximum atomic E-state index is 5.96. The van der Waals surface area contributed by atoms with Crippen molar-refractivity contribution in [2.75, 3.05) is 12.3 Å². The molecular formula is C10H10BrNOS. The van der Waals surface area contributed by atoms with E-state index in [0.29, 0.717) is 6.61 Å². The molecule has 2 N–H and O–H groups in total. The van der Waals surface area contributed by atoms with Gasteiger partial charge < -0.3 is 10.5 Å². The predicted octanol–water partition coefficient (Wildman–Crippen LogP) is 3.64. The largest absolute Gasteiger partial charge is 0.483 e. The summed E-state index contributed by atoms with van der Waals surface area (Å²) in [6.45, 7) is 2.60. The molecule has 1 aromatic carbocycles. The van der Waals surface area contributed by atoms with E-state index in [2.05, 4.69) is 15.9 Å². The Kier molecular flexibility index (Phi) is 2.65. The van der Waals surface area contributed by atoms with Crippen molar-refractivity contribution in [3.63, 3.8) is 0 Å². The lowest BCUT2D eigenvalue weighted by atomic mass is 10.2. The van der Waals surface area contributed by atoms with E-state index in [1.165, 1.54) is 0 Å². The summed E-state index contributed by atoms with van der Waals surface area (Å²) in [5.41, 5.74) is 6.70. The van der Waals surface area contributed by atoms with E-state index < -0.39 is 0 Å². The first-order valence-electron chi connectivity index (χ1n) is 4.33. The van der Waals surface area contributed by atoms with E-state index in [0.717, 1.165) is 25.3 Å². The minimum absolute atomic E-state index is 0.647. The van der Waals surface area contributed by atoms with Crippen LogP contribution in [0.3, 0.4) is 0 Å². The standard InChI is InChI=1S/C10H10BrNOS/c1-2-13-10-8(12)6-4-3-5-7(11)9(6)14-10/h3-5H,2,12H2,1H3. The average molecular weight is 272 g/mol. The minimum Gasteiger partial charge on any atom is -0.483 e. The van der Waals surface area contributed by atoms with Crippen LogP contribution in [0, 0.1) is 0 Å². The first-order valence-corrected chi connectivity index (χ1v) is 5.94. The molecule has 0 fully saturated rings. The Morgan fingerprint density at radius 1 is 1.50 bits per heavy atom. The van der Waals surface area contributed by atoms with Crippen molar-refractivity contribution in [2.24, 2.45) is 0 Å². The SMILES string of the molecule is CCOc1sc2c(Br)cccc2c1N. The zero-order chi connectivity index (χ0) is 10.1. The fraction of sp³-hybridized carbons (Fsp3) is 0.200. The maximum absolute atomic E-state index is 5.96. The highest BCUT2D eigenvalue weighted by Crippen LogP contribution is 2.42. The number of nitrogens with two attached hydrogens (primary N) is 1. The Morgan fingerprint density at radius 2 is 2.29 bits per heavy atom. The fourth-order valence-electron chi connectivity index (χ4n) is 1.32. The summed E-state index contributed by atoms with van der Waals surface area (Å²) >= 11 is 5.08. The summed E-state index contributed by atoms with van der Waals surface area (Å²) in [5.74, 6) is 0. The van der Waals surface area contributed by atoms with Crippen molar-refractivity contribution >= 4 is 43.0 Å². The number of nitrogen functional groups attached to an aromatic ring is 1. The van der Waals surface area contributed by atoms with Crippen LogP contribution in [-0.2, 0) is 0 Å². The molecule has 0 radical (unpaired) electrons. The highest BCUT2D eigenvalue weighted by Gasteiger charge is 2.11. The Morgan fingerprint density at radius 3 is 2.93 bits per heavy atom. The summed E-state index contributed by atoms with van der Waals surface area (Å²) in [5, 5.41) is 1.88. The molecule has 2 aromatic rings. The van der Waals surface area contributed by atoms with E-state index in [1.54, 1.807) is 11.3 Å². The molecule has 0 spiro atoms.